The lowest BCUT2D eigenvalue weighted by molar-refractivity contribution is -0.137. The summed E-state index contributed by atoms with van der Waals surface area (Å²) in [6.45, 7) is 5.77. The summed E-state index contributed by atoms with van der Waals surface area (Å²) in [4.78, 5) is 33.3. The molecule has 1 aliphatic rings. The lowest BCUT2D eigenvalue weighted by Crippen LogP contribution is -2.62. The molecule has 2 amide bonds. The minimum atomic E-state index is -4.53. The zero-order chi connectivity index (χ0) is 22.1. The normalized spacial score (nSPS) is 14.9. The average Bonchev–Trinajstić information content (AvgIpc) is 2.59. The van der Waals surface area contributed by atoms with Crippen LogP contribution in [-0.4, -0.2) is 58.1 Å². The van der Waals surface area contributed by atoms with Crippen LogP contribution in [0.4, 0.5) is 23.8 Å². The van der Waals surface area contributed by atoms with Crippen LogP contribution >= 0.6 is 0 Å². The summed E-state index contributed by atoms with van der Waals surface area (Å²) in [5.41, 5.74) is -1.16. The standard InChI is InChI=1S/C19H22F3N5O3/c1-18(2,3)30-17(29)27-9-12(10-27)26-15(28)8-25-16-13-6-11(19(20,21)22)7-24-14(13)4-5-23-16/h4-7,12H,8-10H2,1-3H3,(H,23,25)(H,26,28). The minimum Gasteiger partial charge on any atom is -0.444 e. The summed E-state index contributed by atoms with van der Waals surface area (Å²) in [7, 11) is 0. The van der Waals surface area contributed by atoms with Gasteiger partial charge in [-0.3, -0.25) is 9.78 Å². The average molecular weight is 425 g/mol. The van der Waals surface area contributed by atoms with Gasteiger partial charge in [0.2, 0.25) is 5.91 Å². The van der Waals surface area contributed by atoms with Gasteiger partial charge in [0, 0.05) is 30.9 Å². The highest BCUT2D eigenvalue weighted by molar-refractivity contribution is 5.91. The van der Waals surface area contributed by atoms with Crippen LogP contribution in [0.25, 0.3) is 10.9 Å². The Morgan fingerprint density at radius 3 is 2.57 bits per heavy atom. The van der Waals surface area contributed by atoms with Crippen LogP contribution in [-0.2, 0) is 15.7 Å². The second-order valence-corrected chi connectivity index (χ2v) is 7.95. The van der Waals surface area contributed by atoms with E-state index in [1.165, 1.54) is 17.2 Å². The first-order valence-corrected chi connectivity index (χ1v) is 9.25. The molecule has 2 N–H and O–H groups in total. The Hall–Kier alpha value is -3.11. The van der Waals surface area contributed by atoms with Crippen LogP contribution < -0.4 is 10.6 Å². The van der Waals surface area contributed by atoms with Crippen LogP contribution in [0.15, 0.2) is 24.5 Å². The smallest absolute Gasteiger partial charge is 0.417 e. The fourth-order valence-corrected chi connectivity index (χ4v) is 2.83. The Kier molecular flexibility index (Phi) is 5.73. The van der Waals surface area contributed by atoms with Gasteiger partial charge in [0.1, 0.15) is 11.4 Å². The molecule has 2 aromatic rings. The number of halogens is 3. The van der Waals surface area contributed by atoms with Crippen molar-refractivity contribution in [1.29, 1.82) is 0 Å². The molecule has 0 aliphatic carbocycles. The van der Waals surface area contributed by atoms with Crippen molar-refractivity contribution in [1.82, 2.24) is 20.2 Å². The van der Waals surface area contributed by atoms with Gasteiger partial charge in [-0.1, -0.05) is 0 Å². The summed E-state index contributed by atoms with van der Waals surface area (Å²) >= 11 is 0. The summed E-state index contributed by atoms with van der Waals surface area (Å²) in [5.74, 6) is -0.243. The molecule has 0 saturated carbocycles. The number of amides is 2. The number of likely N-dealkylation sites (tertiary alicyclic amines) is 1. The van der Waals surface area contributed by atoms with Gasteiger partial charge in [-0.2, -0.15) is 13.2 Å². The summed E-state index contributed by atoms with van der Waals surface area (Å²) in [6.07, 6.45) is -2.83. The van der Waals surface area contributed by atoms with Gasteiger partial charge >= 0.3 is 12.3 Å². The van der Waals surface area contributed by atoms with Crippen LogP contribution in [0, 0.1) is 0 Å². The van der Waals surface area contributed by atoms with Crippen LogP contribution in [0.1, 0.15) is 26.3 Å². The van der Waals surface area contributed by atoms with Gasteiger partial charge in [0.05, 0.1) is 23.7 Å². The molecule has 3 rings (SSSR count). The van der Waals surface area contributed by atoms with Gasteiger partial charge in [-0.15, -0.1) is 0 Å². The van der Waals surface area contributed by atoms with Crippen molar-refractivity contribution in [2.45, 2.75) is 38.6 Å². The maximum absolute atomic E-state index is 12.9. The molecule has 0 radical (unpaired) electrons. The number of rotatable bonds is 4. The Labute approximate surface area is 170 Å². The number of pyridine rings is 2. The number of ether oxygens (including phenoxy) is 1. The molecule has 1 saturated heterocycles. The minimum absolute atomic E-state index is 0.130. The number of hydrogen-bond acceptors (Lipinski definition) is 6. The van der Waals surface area contributed by atoms with E-state index in [1.54, 1.807) is 20.8 Å². The van der Waals surface area contributed by atoms with Crippen molar-refractivity contribution in [2.24, 2.45) is 0 Å². The molecule has 0 aromatic carbocycles. The highest BCUT2D eigenvalue weighted by Gasteiger charge is 2.34. The van der Waals surface area contributed by atoms with E-state index in [2.05, 4.69) is 20.6 Å². The van der Waals surface area contributed by atoms with Crippen LogP contribution in [0.2, 0.25) is 0 Å². The molecule has 1 fully saturated rings. The Balaban J connectivity index is 1.54. The SMILES string of the molecule is CC(C)(C)OC(=O)N1CC(NC(=O)CNc2nccc3ncc(C(F)(F)F)cc23)C1. The summed E-state index contributed by atoms with van der Waals surface area (Å²) in [6, 6.07) is 2.21. The topological polar surface area (TPSA) is 96.5 Å². The van der Waals surface area contributed by atoms with Crippen LogP contribution in [0.5, 0.6) is 0 Å². The summed E-state index contributed by atoms with van der Waals surface area (Å²) in [5, 5.41) is 5.66. The number of fused-ring (bicyclic) bond motifs is 1. The lowest BCUT2D eigenvalue weighted by Gasteiger charge is -2.39. The van der Waals surface area contributed by atoms with E-state index in [0.717, 1.165) is 12.3 Å². The maximum Gasteiger partial charge on any atom is 0.417 e. The molecule has 2 aromatic heterocycles. The number of carbonyl (C=O) groups excluding carboxylic acids is 2. The molecule has 8 nitrogen and oxygen atoms in total. The molecule has 1 aliphatic heterocycles. The number of nitrogens with one attached hydrogen (secondary N) is 2. The van der Waals surface area contributed by atoms with Gasteiger partial charge in [0.25, 0.3) is 0 Å². The highest BCUT2D eigenvalue weighted by Crippen LogP contribution is 2.31. The highest BCUT2D eigenvalue weighted by atomic mass is 19.4. The van der Waals surface area contributed by atoms with Crippen molar-refractivity contribution < 1.29 is 27.5 Å². The predicted molar refractivity (Wildman–Crippen MR) is 103 cm³/mol. The molecular weight excluding hydrogens is 403 g/mol. The van der Waals surface area contributed by atoms with Gasteiger partial charge in [0.15, 0.2) is 0 Å². The van der Waals surface area contributed by atoms with Gasteiger partial charge in [-0.05, 0) is 32.9 Å². The van der Waals surface area contributed by atoms with Crippen molar-refractivity contribution in [2.75, 3.05) is 25.0 Å². The van der Waals surface area contributed by atoms with Crippen molar-refractivity contribution in [3.63, 3.8) is 0 Å². The first-order chi connectivity index (χ1) is 13.9. The third-order valence-electron chi connectivity index (χ3n) is 4.25. The largest absolute Gasteiger partial charge is 0.444 e. The van der Waals surface area contributed by atoms with E-state index in [1.807, 2.05) is 0 Å². The number of anilines is 1. The van der Waals surface area contributed by atoms with E-state index < -0.39 is 23.4 Å². The number of carbonyl (C=O) groups is 2. The maximum atomic E-state index is 12.9. The Morgan fingerprint density at radius 2 is 1.93 bits per heavy atom. The molecule has 11 heteroatoms. The van der Waals surface area contributed by atoms with E-state index >= 15 is 0 Å². The fourth-order valence-electron chi connectivity index (χ4n) is 2.83. The van der Waals surface area contributed by atoms with Gasteiger partial charge < -0.3 is 20.3 Å². The fraction of sp³-hybridized carbons (Fsp3) is 0.474. The number of aromatic nitrogens is 2. The third kappa shape index (κ3) is 5.28. The van der Waals surface area contributed by atoms with E-state index in [-0.39, 0.29) is 29.7 Å². The lowest BCUT2D eigenvalue weighted by atomic mass is 10.1. The first-order valence-electron chi connectivity index (χ1n) is 9.25. The molecule has 162 valence electrons. The third-order valence-corrected chi connectivity index (χ3v) is 4.25. The Morgan fingerprint density at radius 1 is 1.23 bits per heavy atom. The van der Waals surface area contributed by atoms with Crippen molar-refractivity contribution in [3.8, 4) is 0 Å². The number of hydrogen-bond donors (Lipinski definition) is 2. The predicted octanol–water partition coefficient (Wildman–Crippen LogP) is 2.80. The molecule has 30 heavy (non-hydrogen) atoms. The molecular formula is C19H22F3N5O3. The van der Waals surface area contributed by atoms with E-state index in [0.29, 0.717) is 18.6 Å². The quantitative estimate of drug-likeness (QED) is 0.782. The van der Waals surface area contributed by atoms with Crippen molar-refractivity contribution in [3.05, 3.63) is 30.1 Å². The monoisotopic (exact) mass is 425 g/mol. The second kappa shape index (κ2) is 7.96. The van der Waals surface area contributed by atoms with E-state index in [9.17, 15) is 22.8 Å². The zero-order valence-corrected chi connectivity index (χ0v) is 16.7. The molecule has 0 bridgehead atoms. The zero-order valence-electron chi connectivity index (χ0n) is 16.7. The first kappa shape index (κ1) is 21.6. The Bertz CT molecular complexity index is 953. The molecule has 0 atom stereocenters. The van der Waals surface area contributed by atoms with Crippen LogP contribution in [0.3, 0.4) is 0 Å². The second-order valence-electron chi connectivity index (χ2n) is 7.95. The molecule has 0 unspecified atom stereocenters. The van der Waals surface area contributed by atoms with Gasteiger partial charge in [-0.25, -0.2) is 9.78 Å². The van der Waals surface area contributed by atoms with E-state index in [4.69, 9.17) is 4.74 Å². The molecule has 3 heterocycles. The summed E-state index contributed by atoms with van der Waals surface area (Å²) < 4.78 is 44.1. The molecule has 0 spiro atoms. The van der Waals surface area contributed by atoms with Crippen molar-refractivity contribution >= 4 is 28.7 Å². The number of nitrogens with zero attached hydrogens (tertiary/aromatic N) is 3. The number of alkyl halides is 3.